The molecular weight excluding hydrogens is 382 g/mol. The first-order chi connectivity index (χ1) is 8.95. The number of carbonyl (C=O) groups excluding carboxylic acids is 1. The van der Waals surface area contributed by atoms with Gasteiger partial charge in [0.25, 0.3) is 5.91 Å². The molecule has 3 N–H and O–H groups in total. The van der Waals surface area contributed by atoms with Crippen LogP contribution in [-0.2, 0) is 0 Å². The lowest BCUT2D eigenvalue weighted by molar-refractivity contribution is 0.102. The zero-order chi connectivity index (χ0) is 14.0. The van der Waals surface area contributed by atoms with Crippen molar-refractivity contribution in [3.63, 3.8) is 0 Å². The Morgan fingerprint density at radius 2 is 2.00 bits per heavy atom. The number of hydrogen-bond acceptors (Lipinski definition) is 2. The van der Waals surface area contributed by atoms with E-state index in [0.29, 0.717) is 10.7 Å². The van der Waals surface area contributed by atoms with E-state index in [1.807, 2.05) is 6.07 Å². The Hall–Kier alpha value is -1.34. The fourth-order valence-corrected chi connectivity index (χ4v) is 2.43. The van der Waals surface area contributed by atoms with Crippen LogP contribution in [0.1, 0.15) is 10.4 Å². The first-order valence-electron chi connectivity index (χ1n) is 5.28. The highest BCUT2D eigenvalue weighted by Gasteiger charge is 2.10. The van der Waals surface area contributed by atoms with Crippen LogP contribution in [-0.4, -0.2) is 5.91 Å². The molecule has 0 unspecified atom stereocenters. The summed E-state index contributed by atoms with van der Waals surface area (Å²) in [7, 11) is 0. The van der Waals surface area contributed by atoms with E-state index < -0.39 is 11.7 Å². The van der Waals surface area contributed by atoms with E-state index in [1.54, 1.807) is 12.1 Å². The van der Waals surface area contributed by atoms with Crippen LogP contribution in [0.5, 0.6) is 0 Å². The van der Waals surface area contributed by atoms with E-state index in [0.717, 1.165) is 15.7 Å². The lowest BCUT2D eigenvalue weighted by Crippen LogP contribution is -2.13. The van der Waals surface area contributed by atoms with Crippen LogP contribution in [0.2, 0.25) is 5.02 Å². The van der Waals surface area contributed by atoms with Gasteiger partial charge in [-0.3, -0.25) is 4.79 Å². The van der Waals surface area contributed by atoms with Crippen molar-refractivity contribution in [2.24, 2.45) is 0 Å². The Morgan fingerprint density at radius 3 is 2.63 bits per heavy atom. The van der Waals surface area contributed by atoms with Gasteiger partial charge >= 0.3 is 0 Å². The second kappa shape index (κ2) is 5.75. The summed E-state index contributed by atoms with van der Waals surface area (Å²) in [6, 6.07) is 8.88. The Kier molecular flexibility index (Phi) is 4.26. The molecule has 2 aromatic carbocycles. The second-order valence-electron chi connectivity index (χ2n) is 3.85. The maximum Gasteiger partial charge on any atom is 0.255 e. The van der Waals surface area contributed by atoms with E-state index in [2.05, 4.69) is 27.9 Å². The highest BCUT2D eigenvalue weighted by Crippen LogP contribution is 2.24. The Morgan fingerprint density at radius 1 is 1.26 bits per heavy atom. The maximum absolute atomic E-state index is 13.2. The summed E-state index contributed by atoms with van der Waals surface area (Å²) < 4.78 is 14.1. The third-order valence-electron chi connectivity index (χ3n) is 2.36. The number of nitrogens with two attached hydrogens (primary N) is 1. The molecule has 0 aliphatic heterocycles. The molecule has 0 spiro atoms. The van der Waals surface area contributed by atoms with Gasteiger partial charge in [0.15, 0.2) is 0 Å². The van der Waals surface area contributed by atoms with Crippen molar-refractivity contribution in [3.05, 3.63) is 56.4 Å². The summed E-state index contributed by atoms with van der Waals surface area (Å²) >= 11 is 8.12. The summed E-state index contributed by atoms with van der Waals surface area (Å²) in [5.74, 6) is -1.02. The third kappa shape index (κ3) is 3.57. The van der Waals surface area contributed by atoms with Gasteiger partial charge < -0.3 is 11.1 Å². The molecule has 2 aromatic rings. The van der Waals surface area contributed by atoms with Crippen molar-refractivity contribution >= 4 is 51.5 Å². The van der Waals surface area contributed by atoms with Crippen molar-refractivity contribution in [2.45, 2.75) is 0 Å². The summed E-state index contributed by atoms with van der Waals surface area (Å²) in [4.78, 5) is 12.0. The minimum absolute atomic E-state index is 0.145. The highest BCUT2D eigenvalue weighted by molar-refractivity contribution is 14.1. The number of amides is 1. The number of hydrogen-bond donors (Lipinski definition) is 2. The molecule has 1 amide bonds. The van der Waals surface area contributed by atoms with Gasteiger partial charge in [-0.05, 0) is 59.0 Å². The minimum Gasteiger partial charge on any atom is -0.399 e. The zero-order valence-corrected chi connectivity index (χ0v) is 12.5. The third-order valence-corrected chi connectivity index (χ3v) is 3.35. The van der Waals surface area contributed by atoms with E-state index >= 15 is 0 Å². The van der Waals surface area contributed by atoms with Crippen LogP contribution in [0.15, 0.2) is 36.4 Å². The van der Waals surface area contributed by atoms with Gasteiger partial charge in [-0.1, -0.05) is 11.6 Å². The second-order valence-corrected chi connectivity index (χ2v) is 5.50. The fourth-order valence-electron chi connectivity index (χ4n) is 1.53. The molecule has 3 nitrogen and oxygen atoms in total. The Bertz CT molecular complexity index is 628. The van der Waals surface area contributed by atoms with Crippen LogP contribution < -0.4 is 11.1 Å². The smallest absolute Gasteiger partial charge is 0.255 e. The minimum atomic E-state index is -0.557. The topological polar surface area (TPSA) is 55.1 Å². The first kappa shape index (κ1) is 14.1. The lowest BCUT2D eigenvalue weighted by Gasteiger charge is -2.08. The van der Waals surface area contributed by atoms with E-state index in [-0.39, 0.29) is 11.3 Å². The van der Waals surface area contributed by atoms with Gasteiger partial charge in [-0.2, -0.15) is 0 Å². The van der Waals surface area contributed by atoms with Crippen molar-refractivity contribution in [1.29, 1.82) is 0 Å². The summed E-state index contributed by atoms with van der Waals surface area (Å²) in [5, 5.41) is 3.03. The molecule has 0 aromatic heterocycles. The number of nitrogens with one attached hydrogen (secondary N) is 1. The van der Waals surface area contributed by atoms with Gasteiger partial charge in [-0.15, -0.1) is 0 Å². The average molecular weight is 391 g/mol. The molecule has 6 heteroatoms. The molecule has 0 bridgehead atoms. The first-order valence-corrected chi connectivity index (χ1v) is 6.74. The molecule has 19 heavy (non-hydrogen) atoms. The maximum atomic E-state index is 13.2. The lowest BCUT2D eigenvalue weighted by atomic mass is 10.2. The van der Waals surface area contributed by atoms with Crippen molar-refractivity contribution in [1.82, 2.24) is 0 Å². The highest BCUT2D eigenvalue weighted by atomic mass is 127. The normalized spacial score (nSPS) is 10.3. The largest absolute Gasteiger partial charge is 0.399 e. The number of benzene rings is 2. The average Bonchev–Trinajstić information content (AvgIpc) is 2.31. The van der Waals surface area contributed by atoms with Crippen LogP contribution in [0, 0.1) is 9.39 Å². The molecule has 0 heterocycles. The predicted octanol–water partition coefficient (Wildman–Crippen LogP) is 3.92. The Balaban J connectivity index is 2.25. The van der Waals surface area contributed by atoms with Gasteiger partial charge in [-0.25, -0.2) is 4.39 Å². The van der Waals surface area contributed by atoms with Gasteiger partial charge in [0.05, 0.1) is 10.7 Å². The molecule has 0 saturated carbocycles. The van der Waals surface area contributed by atoms with Crippen molar-refractivity contribution < 1.29 is 9.18 Å². The molecule has 2 rings (SSSR count). The monoisotopic (exact) mass is 390 g/mol. The molecule has 0 radical (unpaired) electrons. The van der Waals surface area contributed by atoms with Gasteiger partial charge in [0, 0.05) is 14.8 Å². The van der Waals surface area contributed by atoms with Crippen LogP contribution in [0.3, 0.4) is 0 Å². The molecular formula is C13H9ClFIN2O. The number of anilines is 2. The molecule has 0 atom stereocenters. The molecule has 0 saturated heterocycles. The number of nitrogen functional groups attached to an aromatic ring is 1. The Labute approximate surface area is 128 Å². The summed E-state index contributed by atoms with van der Waals surface area (Å²) in [6.07, 6.45) is 0. The SMILES string of the molecule is Nc1cc(F)cc(C(=O)Nc2ccc(I)cc2Cl)c1. The summed E-state index contributed by atoms with van der Waals surface area (Å²) in [5.41, 5.74) is 6.30. The van der Waals surface area contributed by atoms with Crippen molar-refractivity contribution in [3.8, 4) is 0 Å². The van der Waals surface area contributed by atoms with E-state index in [9.17, 15) is 9.18 Å². The number of rotatable bonds is 2. The van der Waals surface area contributed by atoms with Crippen LogP contribution >= 0.6 is 34.2 Å². The van der Waals surface area contributed by atoms with Crippen LogP contribution in [0.4, 0.5) is 15.8 Å². The zero-order valence-electron chi connectivity index (χ0n) is 9.58. The standard InChI is InChI=1S/C13H9ClFIN2O/c14-11-6-9(16)1-2-12(11)18-13(19)7-3-8(15)5-10(17)4-7/h1-6H,17H2,(H,18,19). The van der Waals surface area contributed by atoms with Gasteiger partial charge in [0.2, 0.25) is 0 Å². The molecule has 0 fully saturated rings. The number of carbonyl (C=O) groups is 1. The molecule has 0 aliphatic carbocycles. The van der Waals surface area contributed by atoms with E-state index in [4.69, 9.17) is 17.3 Å². The number of halogens is 3. The molecule has 98 valence electrons. The van der Waals surface area contributed by atoms with Crippen molar-refractivity contribution in [2.75, 3.05) is 11.1 Å². The van der Waals surface area contributed by atoms with E-state index in [1.165, 1.54) is 6.07 Å². The fraction of sp³-hybridized carbons (Fsp3) is 0. The summed E-state index contributed by atoms with van der Waals surface area (Å²) in [6.45, 7) is 0. The quantitative estimate of drug-likeness (QED) is 0.603. The van der Waals surface area contributed by atoms with Crippen LogP contribution in [0.25, 0.3) is 0 Å². The predicted molar refractivity (Wildman–Crippen MR) is 82.9 cm³/mol. The molecule has 0 aliphatic rings. The van der Waals surface area contributed by atoms with Gasteiger partial charge in [0.1, 0.15) is 5.82 Å².